The maximum absolute atomic E-state index is 4.64. The summed E-state index contributed by atoms with van der Waals surface area (Å²) >= 11 is 0. The lowest BCUT2D eigenvalue weighted by Gasteiger charge is -2.15. The molecule has 0 N–H and O–H groups in total. The Hall–Kier alpha value is -1.58. The molecular weight excluding hydrogens is 188 g/mol. The normalized spacial score (nSPS) is 16.5. The molecule has 15 heavy (non-hydrogen) atoms. The minimum Gasteiger partial charge on any atom is -0.357 e. The van der Waals surface area contributed by atoms with Crippen LogP contribution in [0.5, 0.6) is 0 Å². The van der Waals surface area contributed by atoms with Gasteiger partial charge in [0, 0.05) is 24.8 Å². The Morgan fingerprint density at radius 3 is 2.87 bits per heavy atom. The second kappa shape index (κ2) is 3.22. The highest BCUT2D eigenvalue weighted by Crippen LogP contribution is 2.18. The largest absolute Gasteiger partial charge is 0.357 e. The van der Waals surface area contributed by atoms with Crippen LogP contribution in [-0.2, 0) is 0 Å². The molecule has 3 heterocycles. The summed E-state index contributed by atoms with van der Waals surface area (Å²) in [6.07, 6.45) is 6.41. The van der Waals surface area contributed by atoms with Crippen molar-refractivity contribution < 1.29 is 0 Å². The molecule has 4 heteroatoms. The molecule has 1 saturated heterocycles. The third-order valence-corrected chi connectivity index (χ3v) is 2.96. The van der Waals surface area contributed by atoms with E-state index in [1.165, 1.54) is 12.8 Å². The summed E-state index contributed by atoms with van der Waals surface area (Å²) in [6, 6.07) is 2.05. The highest BCUT2D eigenvalue weighted by molar-refractivity contribution is 5.52. The van der Waals surface area contributed by atoms with Gasteiger partial charge in [-0.15, -0.1) is 0 Å². The topological polar surface area (TPSA) is 33.4 Å². The van der Waals surface area contributed by atoms with Gasteiger partial charge in [0.15, 0.2) is 5.65 Å². The average Bonchev–Trinajstić information content (AvgIpc) is 2.88. The number of aromatic nitrogens is 3. The highest BCUT2D eigenvalue weighted by atomic mass is 15.3. The summed E-state index contributed by atoms with van der Waals surface area (Å²) in [5, 5.41) is 4.22. The molecule has 0 atom stereocenters. The van der Waals surface area contributed by atoms with Gasteiger partial charge < -0.3 is 4.90 Å². The van der Waals surface area contributed by atoms with E-state index in [-0.39, 0.29) is 0 Å². The van der Waals surface area contributed by atoms with Crippen LogP contribution in [0.4, 0.5) is 5.82 Å². The zero-order valence-corrected chi connectivity index (χ0v) is 8.85. The first kappa shape index (κ1) is 8.71. The first-order valence-electron chi connectivity index (χ1n) is 5.40. The molecule has 2 aromatic heterocycles. The van der Waals surface area contributed by atoms with Gasteiger partial charge in [-0.3, -0.25) is 0 Å². The Bertz CT molecular complexity index is 482. The fourth-order valence-electron chi connectivity index (χ4n) is 2.10. The molecule has 1 fully saturated rings. The van der Waals surface area contributed by atoms with Gasteiger partial charge in [-0.25, -0.2) is 9.50 Å². The van der Waals surface area contributed by atoms with Crippen LogP contribution in [0.3, 0.4) is 0 Å². The molecule has 0 aromatic carbocycles. The maximum Gasteiger partial charge on any atom is 0.160 e. The Balaban J connectivity index is 2.08. The van der Waals surface area contributed by atoms with E-state index in [4.69, 9.17) is 0 Å². The minimum absolute atomic E-state index is 0.972. The van der Waals surface area contributed by atoms with Crippen molar-refractivity contribution in [3.05, 3.63) is 24.0 Å². The zero-order chi connectivity index (χ0) is 10.3. The molecule has 4 nitrogen and oxygen atoms in total. The summed E-state index contributed by atoms with van der Waals surface area (Å²) < 4.78 is 1.83. The van der Waals surface area contributed by atoms with Crippen LogP contribution in [0.1, 0.15) is 18.4 Å². The van der Waals surface area contributed by atoms with Crippen LogP contribution in [0.15, 0.2) is 18.5 Å². The molecule has 3 rings (SSSR count). The first-order valence-corrected chi connectivity index (χ1v) is 5.40. The van der Waals surface area contributed by atoms with E-state index < -0.39 is 0 Å². The molecular formula is C11H14N4. The van der Waals surface area contributed by atoms with Crippen molar-refractivity contribution in [1.29, 1.82) is 0 Å². The molecule has 0 amide bonds. The Morgan fingerprint density at radius 2 is 2.07 bits per heavy atom. The lowest BCUT2D eigenvalue weighted by atomic mass is 10.4. The van der Waals surface area contributed by atoms with Crippen molar-refractivity contribution in [1.82, 2.24) is 14.6 Å². The second-order valence-corrected chi connectivity index (χ2v) is 4.08. The van der Waals surface area contributed by atoms with E-state index in [1.807, 2.05) is 29.9 Å². The third-order valence-electron chi connectivity index (χ3n) is 2.96. The van der Waals surface area contributed by atoms with Gasteiger partial charge in [0.05, 0.1) is 6.20 Å². The van der Waals surface area contributed by atoms with Gasteiger partial charge in [-0.05, 0) is 25.8 Å². The summed E-state index contributed by atoms with van der Waals surface area (Å²) in [5.74, 6) is 1.09. The van der Waals surface area contributed by atoms with Gasteiger partial charge in [0.1, 0.15) is 5.82 Å². The number of rotatable bonds is 1. The molecule has 1 aliphatic rings. The van der Waals surface area contributed by atoms with E-state index in [0.717, 1.165) is 30.1 Å². The van der Waals surface area contributed by atoms with Crippen LogP contribution >= 0.6 is 0 Å². The number of hydrogen-bond donors (Lipinski definition) is 0. The summed E-state index contributed by atoms with van der Waals surface area (Å²) in [5.41, 5.74) is 2.11. The molecule has 0 spiro atoms. The van der Waals surface area contributed by atoms with Gasteiger partial charge in [-0.1, -0.05) is 0 Å². The molecule has 78 valence electrons. The summed E-state index contributed by atoms with van der Waals surface area (Å²) in [7, 11) is 0. The number of aryl methyl sites for hydroxylation is 1. The van der Waals surface area contributed by atoms with E-state index in [2.05, 4.69) is 15.0 Å². The molecule has 2 aromatic rings. The molecule has 0 aliphatic carbocycles. The Labute approximate surface area is 88.5 Å². The smallest absolute Gasteiger partial charge is 0.160 e. The van der Waals surface area contributed by atoms with Crippen molar-refractivity contribution in [3.8, 4) is 0 Å². The molecule has 0 unspecified atom stereocenters. The SMILES string of the molecule is Cc1cnn2ccc(N3CCCC3)nc12. The van der Waals surface area contributed by atoms with Crippen molar-refractivity contribution in [3.63, 3.8) is 0 Å². The van der Waals surface area contributed by atoms with Crippen LogP contribution in [0, 0.1) is 6.92 Å². The highest BCUT2D eigenvalue weighted by Gasteiger charge is 2.14. The van der Waals surface area contributed by atoms with Crippen molar-refractivity contribution >= 4 is 11.5 Å². The molecule has 0 bridgehead atoms. The maximum atomic E-state index is 4.64. The lowest BCUT2D eigenvalue weighted by Crippen LogP contribution is -2.19. The van der Waals surface area contributed by atoms with Crippen molar-refractivity contribution in [2.24, 2.45) is 0 Å². The van der Waals surface area contributed by atoms with Crippen LogP contribution in [-0.4, -0.2) is 27.7 Å². The monoisotopic (exact) mass is 202 g/mol. The lowest BCUT2D eigenvalue weighted by molar-refractivity contribution is 0.898. The third kappa shape index (κ3) is 1.37. The van der Waals surface area contributed by atoms with Crippen molar-refractivity contribution in [2.45, 2.75) is 19.8 Å². The summed E-state index contributed by atoms with van der Waals surface area (Å²) in [6.45, 7) is 4.32. The van der Waals surface area contributed by atoms with Crippen LogP contribution in [0.2, 0.25) is 0 Å². The van der Waals surface area contributed by atoms with Gasteiger partial charge in [0.2, 0.25) is 0 Å². The first-order chi connectivity index (χ1) is 7.34. The van der Waals surface area contributed by atoms with Crippen molar-refractivity contribution in [2.75, 3.05) is 18.0 Å². The fourth-order valence-corrected chi connectivity index (χ4v) is 2.10. The van der Waals surface area contributed by atoms with E-state index >= 15 is 0 Å². The second-order valence-electron chi connectivity index (χ2n) is 4.08. The molecule has 0 saturated carbocycles. The Morgan fingerprint density at radius 1 is 1.27 bits per heavy atom. The predicted molar refractivity (Wildman–Crippen MR) is 59.2 cm³/mol. The predicted octanol–water partition coefficient (Wildman–Crippen LogP) is 1.64. The quantitative estimate of drug-likeness (QED) is 0.705. The summed E-state index contributed by atoms with van der Waals surface area (Å²) in [4.78, 5) is 6.98. The number of nitrogens with zero attached hydrogens (tertiary/aromatic N) is 4. The number of fused-ring (bicyclic) bond motifs is 1. The fraction of sp³-hybridized carbons (Fsp3) is 0.455. The standard InChI is InChI=1S/C11H14N4/c1-9-8-12-15-7-4-10(13-11(9)15)14-5-2-3-6-14/h4,7-8H,2-3,5-6H2,1H3. The number of anilines is 1. The minimum atomic E-state index is 0.972. The van der Waals surface area contributed by atoms with E-state index in [0.29, 0.717) is 0 Å². The Kier molecular flexibility index (Phi) is 1.87. The number of hydrogen-bond acceptors (Lipinski definition) is 3. The van der Waals surface area contributed by atoms with Gasteiger partial charge in [0.25, 0.3) is 0 Å². The average molecular weight is 202 g/mol. The molecule has 0 radical (unpaired) electrons. The van der Waals surface area contributed by atoms with Crippen LogP contribution < -0.4 is 4.90 Å². The van der Waals surface area contributed by atoms with E-state index in [9.17, 15) is 0 Å². The van der Waals surface area contributed by atoms with E-state index in [1.54, 1.807) is 0 Å². The van der Waals surface area contributed by atoms with Gasteiger partial charge >= 0.3 is 0 Å². The van der Waals surface area contributed by atoms with Gasteiger partial charge in [-0.2, -0.15) is 5.10 Å². The molecule has 1 aliphatic heterocycles. The zero-order valence-electron chi connectivity index (χ0n) is 8.85. The van der Waals surface area contributed by atoms with Crippen LogP contribution in [0.25, 0.3) is 5.65 Å².